The van der Waals surface area contributed by atoms with Gasteiger partial charge in [0, 0.05) is 19.0 Å². The van der Waals surface area contributed by atoms with Crippen molar-refractivity contribution in [1.29, 1.82) is 0 Å². The minimum absolute atomic E-state index is 0.352. The van der Waals surface area contributed by atoms with E-state index in [0.29, 0.717) is 11.8 Å². The molecule has 2 heteroatoms. The van der Waals surface area contributed by atoms with Gasteiger partial charge in [-0.3, -0.25) is 4.79 Å². The lowest BCUT2D eigenvalue weighted by atomic mass is 9.99. The number of rotatable bonds is 17. The van der Waals surface area contributed by atoms with Crippen LogP contribution in [0.5, 0.6) is 0 Å². The highest BCUT2D eigenvalue weighted by Crippen LogP contribution is 2.24. The first-order valence-electron chi connectivity index (χ1n) is 11.6. The molecule has 1 rings (SSSR count). The van der Waals surface area contributed by atoms with Crippen molar-refractivity contribution in [2.24, 2.45) is 5.92 Å². The first-order chi connectivity index (χ1) is 12.3. The summed E-state index contributed by atoms with van der Waals surface area (Å²) in [5, 5.41) is 0. The monoisotopic (exact) mass is 351 g/mol. The largest absolute Gasteiger partial charge is 0.342 e. The Labute approximate surface area is 158 Å². The van der Waals surface area contributed by atoms with Crippen molar-refractivity contribution in [3.05, 3.63) is 0 Å². The Balaban J connectivity index is 1.93. The maximum absolute atomic E-state index is 12.4. The molecule has 1 aliphatic heterocycles. The molecule has 1 heterocycles. The highest BCUT2D eigenvalue weighted by molar-refractivity contribution is 5.80. The molecule has 0 aliphatic carbocycles. The number of unbranched alkanes of at least 4 members (excludes halogenated alkanes) is 13. The molecule has 0 bridgehead atoms. The van der Waals surface area contributed by atoms with E-state index in [9.17, 15) is 4.79 Å². The normalized spacial score (nSPS) is 17.6. The van der Waals surface area contributed by atoms with Gasteiger partial charge in [0.1, 0.15) is 0 Å². The van der Waals surface area contributed by atoms with E-state index >= 15 is 0 Å². The fourth-order valence-electron chi connectivity index (χ4n) is 4.08. The highest BCUT2D eigenvalue weighted by atomic mass is 16.2. The molecular formula is C23H45NO. The van der Waals surface area contributed by atoms with Crippen molar-refractivity contribution in [2.45, 2.75) is 123 Å². The molecule has 0 aromatic heterocycles. The summed E-state index contributed by atoms with van der Waals surface area (Å²) in [5.74, 6) is 0.816. The van der Waals surface area contributed by atoms with E-state index in [1.165, 1.54) is 96.3 Å². The van der Waals surface area contributed by atoms with E-state index in [4.69, 9.17) is 0 Å². The van der Waals surface area contributed by atoms with Gasteiger partial charge in [0.05, 0.1) is 0 Å². The Kier molecular flexibility index (Phi) is 14.1. The molecule has 0 radical (unpaired) electrons. The van der Waals surface area contributed by atoms with Crippen molar-refractivity contribution >= 4 is 5.91 Å². The van der Waals surface area contributed by atoms with Crippen LogP contribution in [0.4, 0.5) is 0 Å². The van der Waals surface area contributed by atoms with E-state index in [2.05, 4.69) is 18.7 Å². The van der Waals surface area contributed by atoms with Crippen LogP contribution in [0.2, 0.25) is 0 Å². The van der Waals surface area contributed by atoms with E-state index in [1.807, 2.05) is 0 Å². The van der Waals surface area contributed by atoms with Gasteiger partial charge in [0.2, 0.25) is 5.91 Å². The second-order valence-corrected chi connectivity index (χ2v) is 8.20. The third-order valence-electron chi connectivity index (χ3n) is 5.85. The number of amides is 1. The summed E-state index contributed by atoms with van der Waals surface area (Å²) in [6, 6.07) is 0. The summed E-state index contributed by atoms with van der Waals surface area (Å²) >= 11 is 0. The number of hydrogen-bond donors (Lipinski definition) is 0. The Morgan fingerprint density at radius 1 is 0.720 bits per heavy atom. The lowest BCUT2D eigenvalue weighted by molar-refractivity contribution is -0.131. The van der Waals surface area contributed by atoms with Crippen LogP contribution >= 0.6 is 0 Å². The second-order valence-electron chi connectivity index (χ2n) is 8.20. The molecule has 0 spiro atoms. The lowest BCUT2D eigenvalue weighted by Crippen LogP contribution is -2.28. The van der Waals surface area contributed by atoms with Gasteiger partial charge in [-0.15, -0.1) is 0 Å². The van der Waals surface area contributed by atoms with E-state index < -0.39 is 0 Å². The number of carbonyl (C=O) groups is 1. The lowest BCUT2D eigenvalue weighted by Gasteiger charge is -2.16. The number of hydrogen-bond acceptors (Lipinski definition) is 1. The zero-order chi connectivity index (χ0) is 18.2. The van der Waals surface area contributed by atoms with Crippen molar-refractivity contribution in [1.82, 2.24) is 4.90 Å². The molecule has 1 fully saturated rings. The predicted octanol–water partition coefficient (Wildman–Crippen LogP) is 7.12. The summed E-state index contributed by atoms with van der Waals surface area (Å²) in [6.07, 6.45) is 22.5. The average Bonchev–Trinajstić information content (AvgIpc) is 2.96. The van der Waals surface area contributed by atoms with Crippen molar-refractivity contribution in [3.63, 3.8) is 0 Å². The van der Waals surface area contributed by atoms with E-state index in [0.717, 1.165) is 25.9 Å². The molecule has 1 saturated heterocycles. The Morgan fingerprint density at radius 3 is 1.76 bits per heavy atom. The number of carbonyl (C=O) groups excluding carboxylic acids is 1. The van der Waals surface area contributed by atoms with Crippen molar-refractivity contribution in [2.75, 3.05) is 13.1 Å². The Hall–Kier alpha value is -0.530. The first kappa shape index (κ1) is 22.5. The summed E-state index contributed by atoms with van der Waals surface area (Å²) in [6.45, 7) is 6.57. The predicted molar refractivity (Wildman–Crippen MR) is 110 cm³/mol. The van der Waals surface area contributed by atoms with E-state index in [-0.39, 0.29) is 0 Å². The van der Waals surface area contributed by atoms with Crippen LogP contribution in [-0.4, -0.2) is 23.9 Å². The topological polar surface area (TPSA) is 20.3 Å². The van der Waals surface area contributed by atoms with Gasteiger partial charge >= 0.3 is 0 Å². The van der Waals surface area contributed by atoms with Gasteiger partial charge in [-0.1, -0.05) is 104 Å². The summed E-state index contributed by atoms with van der Waals surface area (Å²) in [5.41, 5.74) is 0. The molecule has 25 heavy (non-hydrogen) atoms. The fraction of sp³-hybridized carbons (Fsp3) is 0.957. The molecule has 1 atom stereocenters. The molecular weight excluding hydrogens is 306 g/mol. The Morgan fingerprint density at radius 2 is 1.20 bits per heavy atom. The number of likely N-dealkylation sites (tertiary alicyclic amines) is 1. The number of nitrogens with zero attached hydrogens (tertiary/aromatic N) is 1. The van der Waals surface area contributed by atoms with Gasteiger partial charge in [0.25, 0.3) is 0 Å². The minimum Gasteiger partial charge on any atom is -0.342 e. The standard InChI is InChI=1S/C23H45NO/c1-3-5-7-9-10-11-12-13-15-17-20-24-21-19-22(23(24)25)18-16-14-8-6-4-2/h22H,3-21H2,1-2H3. The van der Waals surface area contributed by atoms with Gasteiger partial charge < -0.3 is 4.90 Å². The molecule has 1 aliphatic rings. The van der Waals surface area contributed by atoms with Crippen molar-refractivity contribution < 1.29 is 4.79 Å². The van der Waals surface area contributed by atoms with Crippen molar-refractivity contribution in [3.8, 4) is 0 Å². The molecule has 2 nitrogen and oxygen atoms in total. The maximum Gasteiger partial charge on any atom is 0.225 e. The van der Waals surface area contributed by atoms with Crippen LogP contribution in [0, 0.1) is 5.92 Å². The van der Waals surface area contributed by atoms with Gasteiger partial charge in [0.15, 0.2) is 0 Å². The summed E-state index contributed by atoms with van der Waals surface area (Å²) in [4.78, 5) is 14.6. The molecule has 0 N–H and O–H groups in total. The summed E-state index contributed by atoms with van der Waals surface area (Å²) in [7, 11) is 0. The SMILES string of the molecule is CCCCCCCCCCCCN1CCC(CCCCCCC)C1=O. The first-order valence-corrected chi connectivity index (χ1v) is 11.6. The summed E-state index contributed by atoms with van der Waals surface area (Å²) < 4.78 is 0. The van der Waals surface area contributed by atoms with Gasteiger partial charge in [-0.05, 0) is 19.3 Å². The van der Waals surface area contributed by atoms with Crippen LogP contribution in [0.3, 0.4) is 0 Å². The van der Waals surface area contributed by atoms with Crippen LogP contribution in [-0.2, 0) is 4.79 Å². The van der Waals surface area contributed by atoms with Gasteiger partial charge in [-0.25, -0.2) is 0 Å². The average molecular weight is 352 g/mol. The van der Waals surface area contributed by atoms with Gasteiger partial charge in [-0.2, -0.15) is 0 Å². The zero-order valence-electron chi connectivity index (χ0n) is 17.4. The molecule has 1 amide bonds. The third kappa shape index (κ3) is 10.9. The minimum atomic E-state index is 0.352. The molecule has 0 aromatic carbocycles. The van der Waals surface area contributed by atoms with Crippen LogP contribution in [0.25, 0.3) is 0 Å². The quantitative estimate of drug-likeness (QED) is 0.255. The molecule has 1 unspecified atom stereocenters. The zero-order valence-corrected chi connectivity index (χ0v) is 17.4. The van der Waals surface area contributed by atoms with Crippen LogP contribution in [0.1, 0.15) is 123 Å². The third-order valence-corrected chi connectivity index (χ3v) is 5.85. The molecule has 0 saturated carbocycles. The molecule has 148 valence electrons. The second kappa shape index (κ2) is 15.7. The van der Waals surface area contributed by atoms with E-state index in [1.54, 1.807) is 0 Å². The fourth-order valence-corrected chi connectivity index (χ4v) is 4.08. The smallest absolute Gasteiger partial charge is 0.225 e. The van der Waals surface area contributed by atoms with Crippen LogP contribution in [0.15, 0.2) is 0 Å². The van der Waals surface area contributed by atoms with Crippen LogP contribution < -0.4 is 0 Å². The maximum atomic E-state index is 12.4. The highest BCUT2D eigenvalue weighted by Gasteiger charge is 2.30. The Bertz CT molecular complexity index is 315. The molecule has 0 aromatic rings.